The van der Waals surface area contributed by atoms with Gasteiger partial charge in [-0.05, 0) is 44.2 Å². The van der Waals surface area contributed by atoms with E-state index >= 15 is 0 Å². The quantitative estimate of drug-likeness (QED) is 0.691. The summed E-state index contributed by atoms with van der Waals surface area (Å²) >= 11 is 0. The van der Waals surface area contributed by atoms with E-state index in [1.165, 1.54) is 0 Å². The minimum atomic E-state index is -0.0981. The number of pyridine rings is 1. The molecule has 0 aliphatic carbocycles. The van der Waals surface area contributed by atoms with Crippen LogP contribution in [-0.2, 0) is 7.05 Å². The molecule has 122 valence electrons. The first-order chi connectivity index (χ1) is 11.5. The number of anilines is 1. The molecule has 3 aromatic rings. The molecule has 4 rings (SSSR count). The van der Waals surface area contributed by atoms with Gasteiger partial charge >= 0.3 is 0 Å². The molecule has 1 aliphatic heterocycles. The van der Waals surface area contributed by atoms with Crippen molar-refractivity contribution in [3.05, 3.63) is 47.9 Å². The Morgan fingerprint density at radius 1 is 1.33 bits per heavy atom. The number of hydrogen-bond donors (Lipinski definition) is 0. The van der Waals surface area contributed by atoms with E-state index < -0.39 is 0 Å². The van der Waals surface area contributed by atoms with Crippen LogP contribution in [-0.4, -0.2) is 33.1 Å². The standard InChI is InChI=1S/C18H18N4O2/c1-11-10-22(15-5-4-8-19-17(15)24-11)18(23)13-6-7-14-16(9-13)21(3)12(2)20-14/h4-9,11H,10H2,1-3H3. The Hall–Kier alpha value is -2.89. The summed E-state index contributed by atoms with van der Waals surface area (Å²) in [6, 6.07) is 9.29. The zero-order chi connectivity index (χ0) is 16.8. The smallest absolute Gasteiger partial charge is 0.258 e. The molecule has 0 radical (unpaired) electrons. The van der Waals surface area contributed by atoms with Gasteiger partial charge in [0.1, 0.15) is 17.6 Å². The van der Waals surface area contributed by atoms with Crippen LogP contribution in [0, 0.1) is 6.92 Å². The summed E-state index contributed by atoms with van der Waals surface area (Å²) < 4.78 is 7.71. The molecule has 1 aliphatic rings. The molecular weight excluding hydrogens is 304 g/mol. The molecule has 0 saturated carbocycles. The monoisotopic (exact) mass is 322 g/mol. The molecule has 1 aromatic carbocycles. The third kappa shape index (κ3) is 2.22. The van der Waals surface area contributed by atoms with Gasteiger partial charge in [-0.1, -0.05) is 0 Å². The van der Waals surface area contributed by atoms with Gasteiger partial charge in [0.05, 0.1) is 17.6 Å². The lowest BCUT2D eigenvalue weighted by Crippen LogP contribution is -2.42. The van der Waals surface area contributed by atoms with Gasteiger partial charge in [-0.3, -0.25) is 9.69 Å². The Bertz CT molecular complexity index is 947. The maximum atomic E-state index is 13.1. The van der Waals surface area contributed by atoms with Gasteiger partial charge in [0.25, 0.3) is 5.91 Å². The van der Waals surface area contributed by atoms with Crippen LogP contribution in [0.25, 0.3) is 11.0 Å². The van der Waals surface area contributed by atoms with E-state index in [4.69, 9.17) is 4.74 Å². The van der Waals surface area contributed by atoms with Gasteiger partial charge in [0.15, 0.2) is 0 Å². The van der Waals surface area contributed by atoms with Crippen molar-refractivity contribution in [1.29, 1.82) is 0 Å². The van der Waals surface area contributed by atoms with Crippen LogP contribution in [0.15, 0.2) is 36.5 Å². The highest BCUT2D eigenvalue weighted by Crippen LogP contribution is 2.32. The molecule has 0 spiro atoms. The van der Waals surface area contributed by atoms with Crippen molar-refractivity contribution in [2.75, 3.05) is 11.4 Å². The lowest BCUT2D eigenvalue weighted by atomic mass is 10.1. The van der Waals surface area contributed by atoms with Gasteiger partial charge in [-0.15, -0.1) is 0 Å². The van der Waals surface area contributed by atoms with E-state index in [1.807, 2.05) is 55.8 Å². The maximum absolute atomic E-state index is 13.1. The Balaban J connectivity index is 1.77. The minimum absolute atomic E-state index is 0.0554. The van der Waals surface area contributed by atoms with Crippen molar-refractivity contribution < 1.29 is 9.53 Å². The molecule has 24 heavy (non-hydrogen) atoms. The molecule has 6 heteroatoms. The molecule has 0 saturated heterocycles. The van der Waals surface area contributed by atoms with Crippen LogP contribution in [0.3, 0.4) is 0 Å². The van der Waals surface area contributed by atoms with Gasteiger partial charge in [0, 0.05) is 18.8 Å². The minimum Gasteiger partial charge on any atom is -0.471 e. The molecule has 0 N–H and O–H groups in total. The fraction of sp³-hybridized carbons (Fsp3) is 0.278. The van der Waals surface area contributed by atoms with E-state index in [9.17, 15) is 4.79 Å². The summed E-state index contributed by atoms with van der Waals surface area (Å²) in [5.41, 5.74) is 3.19. The normalized spacial score (nSPS) is 16.8. The second kappa shape index (κ2) is 5.33. The van der Waals surface area contributed by atoms with E-state index in [0.29, 0.717) is 23.7 Å². The molecule has 1 unspecified atom stereocenters. The van der Waals surface area contributed by atoms with Crippen LogP contribution < -0.4 is 9.64 Å². The third-order valence-electron chi connectivity index (χ3n) is 4.39. The number of rotatable bonds is 1. The summed E-state index contributed by atoms with van der Waals surface area (Å²) in [6.07, 6.45) is 1.57. The van der Waals surface area contributed by atoms with Gasteiger partial charge in [0.2, 0.25) is 5.88 Å². The lowest BCUT2D eigenvalue weighted by molar-refractivity contribution is 0.0958. The number of carbonyl (C=O) groups excluding carboxylic acids is 1. The molecule has 1 amide bonds. The van der Waals surface area contributed by atoms with E-state index in [-0.39, 0.29) is 12.0 Å². The maximum Gasteiger partial charge on any atom is 0.258 e. The van der Waals surface area contributed by atoms with Crippen molar-refractivity contribution in [1.82, 2.24) is 14.5 Å². The number of fused-ring (bicyclic) bond motifs is 2. The lowest BCUT2D eigenvalue weighted by Gasteiger charge is -2.32. The number of carbonyl (C=O) groups is 1. The Morgan fingerprint density at radius 2 is 2.17 bits per heavy atom. The first-order valence-corrected chi connectivity index (χ1v) is 7.91. The zero-order valence-corrected chi connectivity index (χ0v) is 13.9. The summed E-state index contributed by atoms with van der Waals surface area (Å²) in [4.78, 5) is 23.5. The summed E-state index contributed by atoms with van der Waals surface area (Å²) in [7, 11) is 1.95. The van der Waals surface area contributed by atoms with Crippen molar-refractivity contribution in [2.45, 2.75) is 20.0 Å². The molecule has 2 aromatic heterocycles. The van der Waals surface area contributed by atoms with Crippen LogP contribution in [0.1, 0.15) is 23.1 Å². The summed E-state index contributed by atoms with van der Waals surface area (Å²) in [5, 5.41) is 0. The first kappa shape index (κ1) is 14.7. The molecule has 6 nitrogen and oxygen atoms in total. The number of nitrogens with zero attached hydrogens (tertiary/aromatic N) is 4. The molecule has 3 heterocycles. The molecule has 0 fully saturated rings. The van der Waals surface area contributed by atoms with E-state index in [2.05, 4.69) is 9.97 Å². The number of aryl methyl sites for hydroxylation is 2. The van der Waals surface area contributed by atoms with E-state index in [0.717, 1.165) is 16.9 Å². The summed E-state index contributed by atoms with van der Waals surface area (Å²) in [5.74, 6) is 1.37. The summed E-state index contributed by atoms with van der Waals surface area (Å²) in [6.45, 7) is 4.39. The number of aromatic nitrogens is 3. The average Bonchev–Trinajstić information content (AvgIpc) is 2.87. The Kier molecular flexibility index (Phi) is 3.26. The highest BCUT2D eigenvalue weighted by molar-refractivity contribution is 6.08. The fourth-order valence-electron chi connectivity index (χ4n) is 3.05. The predicted octanol–water partition coefficient (Wildman–Crippen LogP) is 2.70. The van der Waals surface area contributed by atoms with Crippen molar-refractivity contribution in [3.63, 3.8) is 0 Å². The largest absolute Gasteiger partial charge is 0.471 e. The number of imidazole rings is 1. The third-order valence-corrected chi connectivity index (χ3v) is 4.39. The Morgan fingerprint density at radius 3 is 3.00 bits per heavy atom. The van der Waals surface area contributed by atoms with Crippen LogP contribution in [0.5, 0.6) is 5.88 Å². The predicted molar refractivity (Wildman–Crippen MR) is 91.5 cm³/mol. The zero-order valence-electron chi connectivity index (χ0n) is 13.9. The first-order valence-electron chi connectivity index (χ1n) is 7.91. The highest BCUT2D eigenvalue weighted by atomic mass is 16.5. The Labute approximate surface area is 139 Å². The van der Waals surface area contributed by atoms with Crippen molar-refractivity contribution >= 4 is 22.6 Å². The second-order valence-corrected chi connectivity index (χ2v) is 6.09. The number of amides is 1. The van der Waals surface area contributed by atoms with Crippen LogP contribution >= 0.6 is 0 Å². The number of hydrogen-bond acceptors (Lipinski definition) is 4. The number of benzene rings is 1. The molecule has 0 bridgehead atoms. The highest BCUT2D eigenvalue weighted by Gasteiger charge is 2.29. The van der Waals surface area contributed by atoms with E-state index in [1.54, 1.807) is 11.1 Å². The average molecular weight is 322 g/mol. The molecule has 1 atom stereocenters. The SMILES string of the molecule is Cc1nc2ccc(C(=O)N3CC(C)Oc4ncccc43)cc2n1C. The second-order valence-electron chi connectivity index (χ2n) is 6.09. The van der Waals surface area contributed by atoms with Gasteiger partial charge in [-0.25, -0.2) is 9.97 Å². The van der Waals surface area contributed by atoms with Gasteiger partial charge < -0.3 is 9.30 Å². The van der Waals surface area contributed by atoms with Crippen LogP contribution in [0.2, 0.25) is 0 Å². The topological polar surface area (TPSA) is 60.3 Å². The van der Waals surface area contributed by atoms with Crippen LogP contribution in [0.4, 0.5) is 5.69 Å². The fourth-order valence-corrected chi connectivity index (χ4v) is 3.05. The van der Waals surface area contributed by atoms with Gasteiger partial charge in [-0.2, -0.15) is 0 Å². The molecular formula is C18H18N4O2. The van der Waals surface area contributed by atoms with Crippen molar-refractivity contribution in [2.24, 2.45) is 7.05 Å². The number of ether oxygens (including phenoxy) is 1. The van der Waals surface area contributed by atoms with Crippen molar-refractivity contribution in [3.8, 4) is 5.88 Å².